The van der Waals surface area contributed by atoms with Crippen LogP contribution in [-0.4, -0.2) is 51.8 Å². The van der Waals surface area contributed by atoms with Crippen LogP contribution in [0.4, 0.5) is 0 Å². The Morgan fingerprint density at radius 2 is 0.455 bits per heavy atom. The van der Waals surface area contributed by atoms with Gasteiger partial charge in [0.25, 0.3) is 0 Å². The molecule has 0 N–H and O–H groups in total. The third-order valence-corrected chi connectivity index (χ3v) is 25.3. The Labute approximate surface area is 343 Å². The van der Waals surface area contributed by atoms with Crippen molar-refractivity contribution >= 4 is 78.2 Å². The van der Waals surface area contributed by atoms with E-state index in [9.17, 15) is 0 Å². The molecule has 0 saturated carbocycles. The third-order valence-electron chi connectivity index (χ3n) is 10.6. The van der Waals surface area contributed by atoms with Crippen LogP contribution < -0.4 is 60.2 Å². The van der Waals surface area contributed by atoms with Gasteiger partial charge < -0.3 is 0 Å². The van der Waals surface area contributed by atoms with Crippen molar-refractivity contribution in [1.82, 2.24) is 0 Å². The van der Waals surface area contributed by atoms with E-state index in [-0.39, 0.29) is 9.14 Å². The Bertz CT molecular complexity index is 1730. The first-order valence-electron chi connectivity index (χ1n) is 17.9. The van der Waals surface area contributed by atoms with Gasteiger partial charge in [0, 0.05) is 0 Å². The molecular weight excluding hydrogens is 858 g/mol. The molecule has 0 aromatic heterocycles. The maximum atomic E-state index is 5.66. The van der Waals surface area contributed by atoms with Crippen molar-refractivity contribution in [2.75, 3.05) is 42.7 Å². The first-order chi connectivity index (χ1) is 26.8. The quantitative estimate of drug-likeness (QED) is 0.0720. The molecule has 6 nitrogen and oxygen atoms in total. The molecule has 6 rings (SSSR count). The van der Waals surface area contributed by atoms with E-state index in [1.54, 1.807) is 42.7 Å². The number of methoxy groups -OCH3 is 6. The number of hydrogen-bond acceptors (Lipinski definition) is 6. The molecular formula is C45H48Br2O6P2. The molecule has 0 aliphatic heterocycles. The van der Waals surface area contributed by atoms with Gasteiger partial charge in [-0.2, -0.15) is 0 Å². The number of ether oxygens (including phenoxy) is 6. The van der Waals surface area contributed by atoms with Gasteiger partial charge in [0.05, 0.1) is 0 Å². The van der Waals surface area contributed by atoms with Crippen LogP contribution in [0.25, 0.3) is 0 Å². The second-order valence-corrected chi connectivity index (χ2v) is 25.1. The number of alkyl halides is 2. The summed E-state index contributed by atoms with van der Waals surface area (Å²) in [5, 5.41) is 7.48. The zero-order valence-electron chi connectivity index (χ0n) is 31.9. The van der Waals surface area contributed by atoms with Crippen molar-refractivity contribution in [2.24, 2.45) is 0 Å². The zero-order chi connectivity index (χ0) is 39.0. The number of benzene rings is 6. The van der Waals surface area contributed by atoms with Crippen LogP contribution in [0.2, 0.25) is 0 Å². The molecule has 10 heteroatoms. The predicted octanol–water partition coefficient (Wildman–Crippen LogP) is 8.32. The average Bonchev–Trinajstić information content (AvgIpc) is 3.25. The Kier molecular flexibility index (Phi) is 13.5. The average molecular weight is 907 g/mol. The first-order valence-corrected chi connectivity index (χ1v) is 23.9. The van der Waals surface area contributed by atoms with Crippen LogP contribution in [0.1, 0.15) is 6.42 Å². The molecule has 2 unspecified atom stereocenters. The Morgan fingerprint density at radius 3 is 0.582 bits per heavy atom. The molecule has 2 atom stereocenters. The van der Waals surface area contributed by atoms with E-state index < -0.39 is 14.5 Å². The molecule has 0 heterocycles. The summed E-state index contributed by atoms with van der Waals surface area (Å²) in [5.74, 6) is 4.86. The van der Waals surface area contributed by atoms with E-state index in [2.05, 4.69) is 177 Å². The zero-order valence-corrected chi connectivity index (χ0v) is 37.1. The van der Waals surface area contributed by atoms with Crippen molar-refractivity contribution in [1.29, 1.82) is 0 Å². The Balaban J connectivity index is 1.63. The second kappa shape index (κ2) is 18.3. The fourth-order valence-electron chi connectivity index (χ4n) is 7.74. The minimum absolute atomic E-state index is 0.0128. The molecule has 55 heavy (non-hydrogen) atoms. The van der Waals surface area contributed by atoms with E-state index in [1.165, 1.54) is 31.8 Å². The van der Waals surface area contributed by atoms with Crippen molar-refractivity contribution in [3.05, 3.63) is 146 Å². The summed E-state index contributed by atoms with van der Waals surface area (Å²) in [6.45, 7) is 0. The third kappa shape index (κ3) is 7.98. The van der Waals surface area contributed by atoms with Gasteiger partial charge in [-0.25, -0.2) is 0 Å². The minimum atomic E-state index is -2.94. The van der Waals surface area contributed by atoms with Crippen molar-refractivity contribution in [2.45, 2.75) is 15.6 Å². The van der Waals surface area contributed by atoms with Crippen LogP contribution in [-0.2, 0) is 0 Å². The standard InChI is InChI=1S/C45H48Br2O6P2/c1-48-32-7-19-38(20-8-32)54(39-21-9-33(49-2)10-22-39,40-23-11-34(50-3)12-24-40)44(46)31-45(47)55(41-25-13-35(51-4)14-26-41,42-27-15-36(52-5)16-28-42)43-29-17-37(53-6)18-30-43/h7-30,44-45,54-55H,31H2,1-6H3. The number of hydrogen-bond donors (Lipinski definition) is 0. The first kappa shape index (κ1) is 40.6. The normalized spacial score (nSPS) is 13.2. The summed E-state index contributed by atoms with van der Waals surface area (Å²) in [6.07, 6.45) is 0.770. The van der Waals surface area contributed by atoms with Crippen LogP contribution in [0.15, 0.2) is 146 Å². The van der Waals surface area contributed by atoms with Crippen molar-refractivity contribution < 1.29 is 28.4 Å². The molecule has 0 bridgehead atoms. The molecule has 0 aliphatic carbocycles. The van der Waals surface area contributed by atoms with E-state index in [1.807, 2.05) is 0 Å². The van der Waals surface area contributed by atoms with Gasteiger partial charge in [0.2, 0.25) is 0 Å². The number of rotatable bonds is 16. The summed E-state index contributed by atoms with van der Waals surface area (Å²) < 4.78 is 33.9. The van der Waals surface area contributed by atoms with Gasteiger partial charge >= 0.3 is 345 Å². The van der Waals surface area contributed by atoms with E-state index in [0.717, 1.165) is 40.9 Å². The van der Waals surface area contributed by atoms with E-state index in [4.69, 9.17) is 28.4 Å². The van der Waals surface area contributed by atoms with Gasteiger partial charge in [0.15, 0.2) is 0 Å². The summed E-state index contributed by atoms with van der Waals surface area (Å²) in [6, 6.07) is 51.7. The molecule has 6 aromatic rings. The van der Waals surface area contributed by atoms with Crippen LogP contribution >= 0.6 is 46.4 Å². The Morgan fingerprint density at radius 1 is 0.309 bits per heavy atom. The van der Waals surface area contributed by atoms with Gasteiger partial charge in [-0.05, 0) is 0 Å². The van der Waals surface area contributed by atoms with Crippen LogP contribution in [0.3, 0.4) is 0 Å². The van der Waals surface area contributed by atoms with Crippen molar-refractivity contribution in [3.8, 4) is 34.5 Å². The van der Waals surface area contributed by atoms with E-state index >= 15 is 0 Å². The van der Waals surface area contributed by atoms with Crippen LogP contribution in [0.5, 0.6) is 34.5 Å². The molecule has 0 saturated heterocycles. The molecule has 0 aliphatic rings. The molecule has 0 spiro atoms. The van der Waals surface area contributed by atoms with E-state index in [0.29, 0.717) is 0 Å². The van der Waals surface area contributed by atoms with Gasteiger partial charge in [0.1, 0.15) is 0 Å². The number of halogens is 2. The molecule has 0 radical (unpaired) electrons. The summed E-state index contributed by atoms with van der Waals surface area (Å²) in [5.41, 5.74) is 0. The molecule has 0 amide bonds. The van der Waals surface area contributed by atoms with Crippen molar-refractivity contribution in [3.63, 3.8) is 0 Å². The SMILES string of the molecule is COc1ccc([PH](c2ccc(OC)cc2)(c2ccc(OC)cc2)C(Br)CC(Br)[PH](c2ccc(OC)cc2)(c2ccc(OC)cc2)c2ccc(OC)cc2)cc1. The summed E-state index contributed by atoms with van der Waals surface area (Å²) >= 11 is 9.00. The predicted molar refractivity (Wildman–Crippen MR) is 242 cm³/mol. The van der Waals surface area contributed by atoms with Gasteiger partial charge in [-0.3, -0.25) is 0 Å². The summed E-state index contributed by atoms with van der Waals surface area (Å²) in [4.78, 5) is 0. The fourth-order valence-corrected chi connectivity index (χ4v) is 24.2. The summed E-state index contributed by atoms with van der Waals surface area (Å²) in [7, 11) is 4.35. The second-order valence-electron chi connectivity index (χ2n) is 13.2. The van der Waals surface area contributed by atoms with Gasteiger partial charge in [-0.1, -0.05) is 0 Å². The topological polar surface area (TPSA) is 55.4 Å². The fraction of sp³-hybridized carbons (Fsp3) is 0.200. The molecule has 0 fully saturated rings. The molecule has 6 aromatic carbocycles. The Hall–Kier alpha value is -4.06. The van der Waals surface area contributed by atoms with Crippen LogP contribution in [0, 0.1) is 0 Å². The monoisotopic (exact) mass is 904 g/mol. The maximum absolute atomic E-state index is 5.66. The van der Waals surface area contributed by atoms with Gasteiger partial charge in [-0.15, -0.1) is 0 Å². The molecule has 288 valence electrons.